The predicted octanol–water partition coefficient (Wildman–Crippen LogP) is 6.99. The second-order valence-electron chi connectivity index (χ2n) is 8.83. The Morgan fingerprint density at radius 3 is 2.32 bits per heavy atom. The van der Waals surface area contributed by atoms with Crippen LogP contribution >= 0.6 is 11.6 Å². The number of rotatable bonds is 9. The Bertz CT molecular complexity index is 1530. The van der Waals surface area contributed by atoms with Gasteiger partial charge in [0, 0.05) is 41.2 Å². The molecule has 1 N–H and O–H groups in total. The molecule has 0 spiro atoms. The fourth-order valence-corrected chi connectivity index (χ4v) is 4.41. The summed E-state index contributed by atoms with van der Waals surface area (Å²) in [5.41, 5.74) is 3.50. The summed E-state index contributed by atoms with van der Waals surface area (Å²) in [6.45, 7) is 1.04. The van der Waals surface area contributed by atoms with Crippen molar-refractivity contribution in [2.75, 3.05) is 23.9 Å². The molecule has 0 fully saturated rings. The van der Waals surface area contributed by atoms with Gasteiger partial charge in [-0.1, -0.05) is 72.3 Å². The van der Waals surface area contributed by atoms with Gasteiger partial charge in [-0.2, -0.15) is 0 Å². The number of ether oxygens (including phenoxy) is 1. The van der Waals surface area contributed by atoms with E-state index in [0.29, 0.717) is 23.9 Å². The first kappa shape index (κ1) is 25.2. The van der Waals surface area contributed by atoms with E-state index >= 15 is 0 Å². The van der Waals surface area contributed by atoms with Gasteiger partial charge in [0.2, 0.25) is 5.91 Å². The maximum absolute atomic E-state index is 12.9. The minimum absolute atomic E-state index is 0.0853. The molecule has 0 saturated carbocycles. The van der Waals surface area contributed by atoms with Gasteiger partial charge in [-0.05, 0) is 48.0 Å². The molecule has 6 nitrogen and oxygen atoms in total. The third-order valence-electron chi connectivity index (χ3n) is 6.17. The van der Waals surface area contributed by atoms with Crippen molar-refractivity contribution in [2.24, 2.45) is 0 Å². The van der Waals surface area contributed by atoms with E-state index in [-0.39, 0.29) is 12.3 Å². The number of nitrogens with zero attached hydrogens (tertiary/aromatic N) is 3. The third kappa shape index (κ3) is 6.10. The number of methoxy groups -OCH3 is 1. The number of anilines is 2. The van der Waals surface area contributed by atoms with E-state index in [1.54, 1.807) is 7.11 Å². The zero-order valence-electron chi connectivity index (χ0n) is 21.0. The highest BCUT2D eigenvalue weighted by atomic mass is 35.5. The van der Waals surface area contributed by atoms with Gasteiger partial charge in [0.25, 0.3) is 0 Å². The fraction of sp³-hybridized carbons (Fsp3) is 0.129. The number of aromatic nitrogens is 2. The largest absolute Gasteiger partial charge is 0.497 e. The van der Waals surface area contributed by atoms with E-state index in [0.717, 1.165) is 39.3 Å². The van der Waals surface area contributed by atoms with Gasteiger partial charge < -0.3 is 15.0 Å². The van der Waals surface area contributed by atoms with Crippen molar-refractivity contribution in [3.8, 4) is 17.1 Å². The van der Waals surface area contributed by atoms with Crippen molar-refractivity contribution in [1.29, 1.82) is 0 Å². The number of nitrogens with one attached hydrogen (secondary N) is 1. The van der Waals surface area contributed by atoms with E-state index in [2.05, 4.69) is 22.3 Å². The lowest BCUT2D eigenvalue weighted by Gasteiger charge is -2.25. The van der Waals surface area contributed by atoms with E-state index in [1.807, 2.05) is 91.0 Å². The smallest absolute Gasteiger partial charge is 0.226 e. The van der Waals surface area contributed by atoms with Gasteiger partial charge in [-0.25, -0.2) is 9.97 Å². The highest BCUT2D eigenvalue weighted by Gasteiger charge is 2.18. The van der Waals surface area contributed by atoms with Gasteiger partial charge in [0.1, 0.15) is 11.6 Å². The molecule has 0 saturated heterocycles. The molecule has 38 heavy (non-hydrogen) atoms. The average molecular weight is 523 g/mol. The third-order valence-corrected chi connectivity index (χ3v) is 6.40. The summed E-state index contributed by atoms with van der Waals surface area (Å²) >= 11 is 6.34. The number of benzene rings is 4. The van der Waals surface area contributed by atoms with Gasteiger partial charge in [0.15, 0.2) is 5.82 Å². The molecule has 4 aromatic carbocycles. The lowest BCUT2D eigenvalue weighted by atomic mass is 10.1. The Kier molecular flexibility index (Phi) is 7.81. The number of amides is 1. The Morgan fingerprint density at radius 1 is 0.895 bits per heavy atom. The van der Waals surface area contributed by atoms with Crippen molar-refractivity contribution in [3.63, 3.8) is 0 Å². The van der Waals surface area contributed by atoms with Crippen molar-refractivity contribution in [3.05, 3.63) is 114 Å². The topological polar surface area (TPSA) is 67.3 Å². The van der Waals surface area contributed by atoms with Crippen LogP contribution in [0.3, 0.4) is 0 Å². The minimum atomic E-state index is -0.0853. The van der Waals surface area contributed by atoms with Gasteiger partial charge in [-0.15, -0.1) is 0 Å². The second-order valence-corrected chi connectivity index (χ2v) is 9.27. The molecule has 1 amide bonds. The normalized spacial score (nSPS) is 10.8. The van der Waals surface area contributed by atoms with Gasteiger partial charge in [-0.3, -0.25) is 4.79 Å². The molecular formula is C31H27ClN4O2. The van der Waals surface area contributed by atoms with Crippen LogP contribution in [0.25, 0.3) is 22.3 Å². The summed E-state index contributed by atoms with van der Waals surface area (Å²) < 4.78 is 5.20. The van der Waals surface area contributed by atoms with Crippen LogP contribution in [0.5, 0.6) is 5.75 Å². The molecule has 0 radical (unpaired) electrons. The van der Waals surface area contributed by atoms with Crippen LogP contribution in [0.15, 0.2) is 103 Å². The van der Waals surface area contributed by atoms with Crippen molar-refractivity contribution in [1.82, 2.24) is 9.97 Å². The molecule has 0 aliphatic rings. The van der Waals surface area contributed by atoms with Crippen LogP contribution in [0, 0.1) is 0 Å². The zero-order chi connectivity index (χ0) is 26.3. The van der Waals surface area contributed by atoms with E-state index in [4.69, 9.17) is 26.3 Å². The second kappa shape index (κ2) is 11.8. The number of halogens is 1. The number of hydrogen-bond acceptors (Lipinski definition) is 5. The summed E-state index contributed by atoms with van der Waals surface area (Å²) in [6, 6.07) is 33.0. The molecule has 0 unspecified atom stereocenters. The minimum Gasteiger partial charge on any atom is -0.497 e. The van der Waals surface area contributed by atoms with E-state index in [1.165, 1.54) is 0 Å². The maximum atomic E-state index is 12.9. The van der Waals surface area contributed by atoms with Crippen molar-refractivity contribution < 1.29 is 9.53 Å². The summed E-state index contributed by atoms with van der Waals surface area (Å²) in [4.78, 5) is 24.9. The van der Waals surface area contributed by atoms with Crippen LogP contribution in [-0.4, -0.2) is 29.5 Å². The molecule has 7 heteroatoms. The molecule has 190 valence electrons. The zero-order valence-corrected chi connectivity index (χ0v) is 21.7. The quantitative estimate of drug-likeness (QED) is 0.226. The SMILES string of the molecule is COc1ccc(NC(=O)CCN(Cc2ccccc2)c2nc(-c3ccccc3)nc3cc(Cl)ccc23)cc1. The lowest BCUT2D eigenvalue weighted by molar-refractivity contribution is -0.116. The molecule has 0 atom stereocenters. The van der Waals surface area contributed by atoms with Crippen LogP contribution in [-0.2, 0) is 11.3 Å². The van der Waals surface area contributed by atoms with Crippen LogP contribution < -0.4 is 15.0 Å². The number of hydrogen-bond donors (Lipinski definition) is 1. The Balaban J connectivity index is 1.48. The van der Waals surface area contributed by atoms with Crippen LogP contribution in [0.4, 0.5) is 11.5 Å². The molecule has 1 aromatic heterocycles. The van der Waals surface area contributed by atoms with Gasteiger partial charge >= 0.3 is 0 Å². The first-order valence-corrected chi connectivity index (χ1v) is 12.7. The van der Waals surface area contributed by atoms with Gasteiger partial charge in [0.05, 0.1) is 12.6 Å². The Hall–Kier alpha value is -4.42. The number of fused-ring (bicyclic) bond motifs is 1. The number of carbonyl (C=O) groups is 1. The fourth-order valence-electron chi connectivity index (χ4n) is 4.24. The average Bonchev–Trinajstić information content (AvgIpc) is 2.96. The first-order valence-electron chi connectivity index (χ1n) is 12.3. The molecule has 5 rings (SSSR count). The lowest BCUT2D eigenvalue weighted by Crippen LogP contribution is -2.28. The monoisotopic (exact) mass is 522 g/mol. The van der Waals surface area contributed by atoms with E-state index < -0.39 is 0 Å². The maximum Gasteiger partial charge on any atom is 0.226 e. The standard InChI is InChI=1S/C31H27ClN4O2/c1-38-26-15-13-25(14-16-26)33-29(37)18-19-36(21-22-8-4-2-5-9-22)31-27-17-12-24(32)20-28(27)34-30(35-31)23-10-6-3-7-11-23/h2-17,20H,18-19,21H2,1H3,(H,33,37). The summed E-state index contributed by atoms with van der Waals surface area (Å²) in [5, 5.41) is 4.46. The molecule has 0 aliphatic carbocycles. The Morgan fingerprint density at radius 2 is 1.61 bits per heavy atom. The molecular weight excluding hydrogens is 496 g/mol. The van der Waals surface area contributed by atoms with Crippen molar-refractivity contribution in [2.45, 2.75) is 13.0 Å². The Labute approximate surface area is 226 Å². The predicted molar refractivity (Wildman–Crippen MR) is 154 cm³/mol. The van der Waals surface area contributed by atoms with E-state index in [9.17, 15) is 4.79 Å². The molecule has 5 aromatic rings. The highest BCUT2D eigenvalue weighted by molar-refractivity contribution is 6.31. The highest BCUT2D eigenvalue weighted by Crippen LogP contribution is 2.30. The molecule has 1 heterocycles. The molecule has 0 bridgehead atoms. The summed E-state index contributed by atoms with van der Waals surface area (Å²) in [7, 11) is 1.61. The summed E-state index contributed by atoms with van der Waals surface area (Å²) in [6.07, 6.45) is 0.276. The molecule has 0 aliphatic heterocycles. The van der Waals surface area contributed by atoms with Crippen LogP contribution in [0.2, 0.25) is 5.02 Å². The van der Waals surface area contributed by atoms with Crippen LogP contribution in [0.1, 0.15) is 12.0 Å². The number of carbonyl (C=O) groups excluding carboxylic acids is 1. The first-order chi connectivity index (χ1) is 18.6. The van der Waals surface area contributed by atoms with Crippen molar-refractivity contribution >= 4 is 39.9 Å². The summed E-state index contributed by atoms with van der Waals surface area (Å²) in [5.74, 6) is 2.02.